The van der Waals surface area contributed by atoms with E-state index in [1.54, 1.807) is 14.1 Å². The number of likely N-dealkylation sites (N-methyl/N-ethyl adjacent to an activating group) is 1. The van der Waals surface area contributed by atoms with Crippen molar-refractivity contribution in [2.75, 3.05) is 46.2 Å². The average Bonchev–Trinajstić information content (AvgIpc) is 2.30. The maximum atomic E-state index is 12.1. The van der Waals surface area contributed by atoms with Gasteiger partial charge < -0.3 is 9.80 Å². The highest BCUT2D eigenvalue weighted by atomic mass is 79.9. The molecule has 0 aromatic carbocycles. The molecule has 1 aromatic rings. The molecule has 0 saturated heterocycles. The molecule has 0 saturated carbocycles. The number of anilines is 1. The van der Waals surface area contributed by atoms with Gasteiger partial charge in [-0.2, -0.15) is 0 Å². The zero-order valence-electron chi connectivity index (χ0n) is 11.9. The van der Waals surface area contributed by atoms with Crippen LogP contribution in [0.25, 0.3) is 0 Å². The standard InChI is InChI=1S/C11H18ClN5O.2BrH/c1-15(2)5-6-17(11(18)16(3)4)10-13-7-9(12)8-14-10;;/h7-8H,5-6H2,1-4H3;2*1H. The fraction of sp³-hybridized carbons (Fsp3) is 0.545. The first-order chi connectivity index (χ1) is 8.41. The highest BCUT2D eigenvalue weighted by molar-refractivity contribution is 8.93. The second-order valence-corrected chi connectivity index (χ2v) is 4.77. The number of urea groups is 1. The molecule has 0 radical (unpaired) electrons. The summed E-state index contributed by atoms with van der Waals surface area (Å²) in [4.78, 5) is 25.2. The van der Waals surface area contributed by atoms with Crippen molar-refractivity contribution in [2.24, 2.45) is 0 Å². The molecule has 0 spiro atoms. The molecule has 0 N–H and O–H groups in total. The minimum Gasteiger partial charge on any atom is -0.330 e. The average molecular weight is 434 g/mol. The van der Waals surface area contributed by atoms with Crippen LogP contribution in [0.3, 0.4) is 0 Å². The number of rotatable bonds is 4. The molecule has 20 heavy (non-hydrogen) atoms. The molecule has 2 amide bonds. The van der Waals surface area contributed by atoms with E-state index in [9.17, 15) is 4.79 Å². The van der Waals surface area contributed by atoms with Gasteiger partial charge in [0.2, 0.25) is 5.95 Å². The van der Waals surface area contributed by atoms with Gasteiger partial charge in [0.15, 0.2) is 0 Å². The van der Waals surface area contributed by atoms with E-state index in [-0.39, 0.29) is 40.0 Å². The molecule has 0 aliphatic carbocycles. The Morgan fingerprint density at radius 1 is 1.10 bits per heavy atom. The summed E-state index contributed by atoms with van der Waals surface area (Å²) in [5, 5.41) is 0.448. The molecule has 6 nitrogen and oxygen atoms in total. The van der Waals surface area contributed by atoms with Gasteiger partial charge in [-0.1, -0.05) is 11.6 Å². The summed E-state index contributed by atoms with van der Waals surface area (Å²) in [6.07, 6.45) is 2.96. The van der Waals surface area contributed by atoms with Crippen LogP contribution in [0.15, 0.2) is 12.4 Å². The van der Waals surface area contributed by atoms with Crippen molar-refractivity contribution in [3.05, 3.63) is 17.4 Å². The fourth-order valence-corrected chi connectivity index (χ4v) is 1.37. The molecule has 1 rings (SSSR count). The minimum atomic E-state index is -0.154. The maximum Gasteiger partial charge on any atom is 0.326 e. The van der Waals surface area contributed by atoms with E-state index in [1.165, 1.54) is 22.2 Å². The van der Waals surface area contributed by atoms with E-state index in [4.69, 9.17) is 11.6 Å². The number of carbonyl (C=O) groups excluding carboxylic acids is 1. The van der Waals surface area contributed by atoms with Gasteiger partial charge in [-0.05, 0) is 14.1 Å². The Hall–Kier alpha value is -0.440. The van der Waals surface area contributed by atoms with E-state index in [0.29, 0.717) is 17.5 Å². The fourth-order valence-electron chi connectivity index (χ4n) is 1.27. The number of hydrogen-bond donors (Lipinski definition) is 0. The van der Waals surface area contributed by atoms with E-state index >= 15 is 0 Å². The lowest BCUT2D eigenvalue weighted by Gasteiger charge is -2.25. The van der Waals surface area contributed by atoms with Crippen LogP contribution >= 0.6 is 45.6 Å². The van der Waals surface area contributed by atoms with E-state index in [0.717, 1.165) is 6.54 Å². The Balaban J connectivity index is 0. The van der Waals surface area contributed by atoms with Crippen molar-refractivity contribution in [2.45, 2.75) is 0 Å². The molecule has 9 heteroatoms. The first-order valence-electron chi connectivity index (χ1n) is 5.53. The van der Waals surface area contributed by atoms with Crippen molar-refractivity contribution in [3.63, 3.8) is 0 Å². The Morgan fingerprint density at radius 2 is 1.60 bits per heavy atom. The van der Waals surface area contributed by atoms with E-state index in [2.05, 4.69) is 9.97 Å². The van der Waals surface area contributed by atoms with Gasteiger partial charge in [-0.25, -0.2) is 14.8 Å². The summed E-state index contributed by atoms with van der Waals surface area (Å²) in [5.41, 5.74) is 0. The summed E-state index contributed by atoms with van der Waals surface area (Å²) in [6.45, 7) is 1.25. The van der Waals surface area contributed by atoms with Crippen LogP contribution in [0.4, 0.5) is 10.7 Å². The molecule has 1 heterocycles. The monoisotopic (exact) mass is 431 g/mol. The predicted molar refractivity (Wildman–Crippen MR) is 92.7 cm³/mol. The van der Waals surface area contributed by atoms with Crippen molar-refractivity contribution in [1.82, 2.24) is 19.8 Å². The molecule has 0 fully saturated rings. The molecule has 0 unspecified atom stereocenters. The lowest BCUT2D eigenvalue weighted by atomic mass is 10.5. The van der Waals surface area contributed by atoms with Gasteiger partial charge in [0, 0.05) is 27.2 Å². The lowest BCUT2D eigenvalue weighted by Crippen LogP contribution is -2.43. The second kappa shape index (κ2) is 10.3. The summed E-state index contributed by atoms with van der Waals surface area (Å²) in [6, 6.07) is -0.154. The van der Waals surface area contributed by atoms with Crippen molar-refractivity contribution in [3.8, 4) is 0 Å². The minimum absolute atomic E-state index is 0. The SMILES string of the molecule is Br.Br.CN(C)CCN(C(=O)N(C)C)c1ncc(Cl)cn1. The highest BCUT2D eigenvalue weighted by Gasteiger charge is 2.19. The Bertz CT molecular complexity index is 402. The molecular formula is C11H20Br2ClN5O. The highest BCUT2D eigenvalue weighted by Crippen LogP contribution is 2.11. The summed E-state index contributed by atoms with van der Waals surface area (Å²) >= 11 is 5.74. The smallest absolute Gasteiger partial charge is 0.326 e. The molecule has 1 aromatic heterocycles. The van der Waals surface area contributed by atoms with Crippen molar-refractivity contribution < 1.29 is 4.79 Å². The molecule has 0 aliphatic heterocycles. The molecule has 116 valence electrons. The van der Waals surface area contributed by atoms with Crippen LogP contribution in [-0.2, 0) is 0 Å². The van der Waals surface area contributed by atoms with Gasteiger partial charge in [0.1, 0.15) is 0 Å². The molecule has 0 bridgehead atoms. The first-order valence-corrected chi connectivity index (χ1v) is 5.90. The lowest BCUT2D eigenvalue weighted by molar-refractivity contribution is 0.222. The Morgan fingerprint density at radius 3 is 2.00 bits per heavy atom. The van der Waals surface area contributed by atoms with Gasteiger partial charge in [0.05, 0.1) is 17.4 Å². The van der Waals surface area contributed by atoms with E-state index in [1.807, 2.05) is 19.0 Å². The number of amides is 2. The Kier molecular flexibility index (Phi) is 11.3. The molecule has 0 atom stereocenters. The largest absolute Gasteiger partial charge is 0.330 e. The molecular weight excluding hydrogens is 413 g/mol. The number of halogens is 3. The zero-order chi connectivity index (χ0) is 13.7. The summed E-state index contributed by atoms with van der Waals surface area (Å²) in [7, 11) is 7.28. The third-order valence-electron chi connectivity index (χ3n) is 2.23. The van der Waals surface area contributed by atoms with Gasteiger partial charge >= 0.3 is 6.03 Å². The van der Waals surface area contributed by atoms with Crippen LogP contribution in [0.2, 0.25) is 5.02 Å². The maximum absolute atomic E-state index is 12.1. The molecule has 0 aliphatic rings. The number of hydrogen-bond acceptors (Lipinski definition) is 4. The van der Waals surface area contributed by atoms with Crippen molar-refractivity contribution >= 4 is 57.5 Å². The van der Waals surface area contributed by atoms with E-state index < -0.39 is 0 Å². The third-order valence-corrected chi connectivity index (χ3v) is 2.43. The Labute approximate surface area is 145 Å². The topological polar surface area (TPSA) is 52.6 Å². The number of aromatic nitrogens is 2. The van der Waals surface area contributed by atoms with Gasteiger partial charge in [-0.15, -0.1) is 34.0 Å². The van der Waals surface area contributed by atoms with Crippen LogP contribution in [0, 0.1) is 0 Å². The van der Waals surface area contributed by atoms with Gasteiger partial charge in [0.25, 0.3) is 0 Å². The van der Waals surface area contributed by atoms with Crippen LogP contribution in [0.5, 0.6) is 0 Å². The van der Waals surface area contributed by atoms with Crippen LogP contribution in [0.1, 0.15) is 0 Å². The van der Waals surface area contributed by atoms with Crippen LogP contribution < -0.4 is 4.90 Å². The normalized spacial score (nSPS) is 9.50. The summed E-state index contributed by atoms with van der Waals surface area (Å²) in [5.74, 6) is 0.361. The van der Waals surface area contributed by atoms with Crippen molar-refractivity contribution in [1.29, 1.82) is 0 Å². The van der Waals surface area contributed by atoms with Gasteiger partial charge in [-0.3, -0.25) is 4.90 Å². The zero-order valence-corrected chi connectivity index (χ0v) is 16.1. The number of nitrogens with zero attached hydrogens (tertiary/aromatic N) is 5. The quantitative estimate of drug-likeness (QED) is 0.732. The third kappa shape index (κ3) is 6.83. The summed E-state index contributed by atoms with van der Waals surface area (Å²) < 4.78 is 0. The van der Waals surface area contributed by atoms with Crippen LogP contribution in [-0.4, -0.2) is 67.1 Å². The first kappa shape index (κ1) is 21.9. The number of carbonyl (C=O) groups is 1. The second-order valence-electron chi connectivity index (χ2n) is 4.33. The predicted octanol–water partition coefficient (Wildman–Crippen LogP) is 2.34.